The van der Waals surface area contributed by atoms with E-state index in [1.54, 1.807) is 7.11 Å². The number of rotatable bonds is 4. The van der Waals surface area contributed by atoms with Crippen LogP contribution in [0.5, 0.6) is 5.75 Å². The Morgan fingerprint density at radius 2 is 2.14 bits per heavy atom. The molecule has 78 valence electrons. The zero-order valence-corrected chi connectivity index (χ0v) is 10.5. The Labute approximate surface area is 94.0 Å². The number of ether oxygens (including phenoxy) is 1. The zero-order chi connectivity index (χ0) is 10.6. The Morgan fingerprint density at radius 3 is 2.64 bits per heavy atom. The molecule has 2 nitrogen and oxygen atoms in total. The number of nitrogens with zero attached hydrogens (tertiary/aromatic N) is 1. The molecule has 0 fully saturated rings. The van der Waals surface area contributed by atoms with Crippen molar-refractivity contribution in [1.29, 1.82) is 0 Å². The predicted octanol–water partition coefficient (Wildman–Crippen LogP) is 2.91. The lowest BCUT2D eigenvalue weighted by Gasteiger charge is -2.14. The summed E-state index contributed by atoms with van der Waals surface area (Å²) in [5.41, 5.74) is 1.29. The molecule has 0 heterocycles. The van der Waals surface area contributed by atoms with Crippen LogP contribution in [-0.4, -0.2) is 25.6 Å². The first-order valence-electron chi connectivity index (χ1n) is 4.68. The fourth-order valence-corrected chi connectivity index (χ4v) is 1.82. The Bertz CT molecular complexity index is 301. The van der Waals surface area contributed by atoms with E-state index in [4.69, 9.17) is 4.74 Å². The van der Waals surface area contributed by atoms with Gasteiger partial charge in [0, 0.05) is 6.54 Å². The molecule has 1 aromatic carbocycles. The standard InChI is InChI=1S/C11H16BrNO/c1-4-13(2)8-9-5-6-11(14-3)10(12)7-9/h5-7H,4,8H2,1-3H3. The first-order chi connectivity index (χ1) is 6.67. The molecule has 0 saturated carbocycles. The lowest BCUT2D eigenvalue weighted by molar-refractivity contribution is 0.345. The van der Waals surface area contributed by atoms with E-state index in [2.05, 4.69) is 46.9 Å². The van der Waals surface area contributed by atoms with Crippen LogP contribution in [0, 0.1) is 0 Å². The molecule has 0 aliphatic rings. The van der Waals surface area contributed by atoms with Crippen molar-refractivity contribution in [2.24, 2.45) is 0 Å². The Balaban J connectivity index is 2.76. The summed E-state index contributed by atoms with van der Waals surface area (Å²) in [5, 5.41) is 0. The topological polar surface area (TPSA) is 12.5 Å². The van der Waals surface area contributed by atoms with Gasteiger partial charge in [-0.15, -0.1) is 0 Å². The molecule has 0 bridgehead atoms. The highest BCUT2D eigenvalue weighted by atomic mass is 79.9. The van der Waals surface area contributed by atoms with Gasteiger partial charge in [0.2, 0.25) is 0 Å². The van der Waals surface area contributed by atoms with Gasteiger partial charge in [0.1, 0.15) is 5.75 Å². The number of hydrogen-bond donors (Lipinski definition) is 0. The van der Waals surface area contributed by atoms with E-state index < -0.39 is 0 Å². The van der Waals surface area contributed by atoms with Gasteiger partial charge < -0.3 is 9.64 Å². The summed E-state index contributed by atoms with van der Waals surface area (Å²) in [7, 11) is 3.79. The Kier molecular flexibility index (Phi) is 4.42. The average molecular weight is 258 g/mol. The summed E-state index contributed by atoms with van der Waals surface area (Å²) in [6.45, 7) is 4.18. The van der Waals surface area contributed by atoms with E-state index in [9.17, 15) is 0 Å². The van der Waals surface area contributed by atoms with Gasteiger partial charge in [0.15, 0.2) is 0 Å². The highest BCUT2D eigenvalue weighted by Gasteiger charge is 2.02. The second-order valence-corrected chi connectivity index (χ2v) is 4.15. The lowest BCUT2D eigenvalue weighted by atomic mass is 10.2. The Hall–Kier alpha value is -0.540. The molecular formula is C11H16BrNO. The van der Waals surface area contributed by atoms with Gasteiger partial charge in [-0.25, -0.2) is 0 Å². The second kappa shape index (κ2) is 5.37. The van der Waals surface area contributed by atoms with Gasteiger partial charge >= 0.3 is 0 Å². The number of hydrogen-bond acceptors (Lipinski definition) is 2. The summed E-state index contributed by atoms with van der Waals surface area (Å²) < 4.78 is 6.19. The molecule has 0 aliphatic carbocycles. The first-order valence-corrected chi connectivity index (χ1v) is 5.47. The minimum absolute atomic E-state index is 0.882. The fourth-order valence-electron chi connectivity index (χ4n) is 1.23. The third kappa shape index (κ3) is 3.00. The molecule has 0 N–H and O–H groups in total. The molecule has 0 amide bonds. The zero-order valence-electron chi connectivity index (χ0n) is 8.88. The van der Waals surface area contributed by atoms with Crippen LogP contribution in [0.4, 0.5) is 0 Å². The SMILES string of the molecule is CCN(C)Cc1ccc(OC)c(Br)c1. The minimum atomic E-state index is 0.882. The molecule has 0 radical (unpaired) electrons. The predicted molar refractivity (Wildman–Crippen MR) is 62.7 cm³/mol. The molecule has 1 aromatic rings. The maximum atomic E-state index is 5.17. The van der Waals surface area contributed by atoms with Crippen LogP contribution in [0.25, 0.3) is 0 Å². The number of methoxy groups -OCH3 is 1. The molecule has 1 rings (SSSR count). The molecule has 0 spiro atoms. The molecule has 0 saturated heterocycles. The van der Waals surface area contributed by atoms with Crippen LogP contribution >= 0.6 is 15.9 Å². The largest absolute Gasteiger partial charge is 0.496 e. The van der Waals surface area contributed by atoms with Crippen molar-refractivity contribution < 1.29 is 4.74 Å². The van der Waals surface area contributed by atoms with Crippen molar-refractivity contribution in [3.63, 3.8) is 0 Å². The lowest BCUT2D eigenvalue weighted by Crippen LogP contribution is -2.16. The van der Waals surface area contributed by atoms with E-state index in [-0.39, 0.29) is 0 Å². The van der Waals surface area contributed by atoms with E-state index in [1.807, 2.05) is 6.07 Å². The quantitative estimate of drug-likeness (QED) is 0.823. The third-order valence-corrected chi connectivity index (χ3v) is 2.83. The molecule has 0 aliphatic heterocycles. The van der Waals surface area contributed by atoms with Crippen LogP contribution in [-0.2, 0) is 6.54 Å². The van der Waals surface area contributed by atoms with Crippen molar-refractivity contribution >= 4 is 15.9 Å². The van der Waals surface area contributed by atoms with Crippen LogP contribution in [0.15, 0.2) is 22.7 Å². The van der Waals surface area contributed by atoms with Crippen LogP contribution in [0.3, 0.4) is 0 Å². The van der Waals surface area contributed by atoms with Crippen molar-refractivity contribution in [2.75, 3.05) is 20.7 Å². The van der Waals surface area contributed by atoms with E-state index in [0.717, 1.165) is 23.3 Å². The number of halogens is 1. The van der Waals surface area contributed by atoms with E-state index in [0.29, 0.717) is 0 Å². The summed E-state index contributed by atoms with van der Waals surface area (Å²) in [4.78, 5) is 2.26. The molecule has 0 aromatic heterocycles. The van der Waals surface area contributed by atoms with Gasteiger partial charge in [0.25, 0.3) is 0 Å². The smallest absolute Gasteiger partial charge is 0.133 e. The first kappa shape index (κ1) is 11.5. The van der Waals surface area contributed by atoms with E-state index >= 15 is 0 Å². The fraction of sp³-hybridized carbons (Fsp3) is 0.455. The van der Waals surface area contributed by atoms with E-state index in [1.165, 1.54) is 5.56 Å². The van der Waals surface area contributed by atoms with Gasteiger partial charge in [-0.2, -0.15) is 0 Å². The summed E-state index contributed by atoms with van der Waals surface area (Å²) >= 11 is 3.48. The van der Waals surface area contributed by atoms with Gasteiger partial charge in [-0.05, 0) is 47.2 Å². The average Bonchev–Trinajstić information content (AvgIpc) is 2.18. The van der Waals surface area contributed by atoms with Crippen molar-refractivity contribution in [3.05, 3.63) is 28.2 Å². The highest BCUT2D eigenvalue weighted by molar-refractivity contribution is 9.10. The van der Waals surface area contributed by atoms with Crippen molar-refractivity contribution in [2.45, 2.75) is 13.5 Å². The maximum absolute atomic E-state index is 5.17. The Morgan fingerprint density at radius 1 is 1.43 bits per heavy atom. The number of benzene rings is 1. The highest BCUT2D eigenvalue weighted by Crippen LogP contribution is 2.25. The van der Waals surface area contributed by atoms with Gasteiger partial charge in [0.05, 0.1) is 11.6 Å². The summed E-state index contributed by atoms with van der Waals surface area (Å²) in [6.07, 6.45) is 0. The monoisotopic (exact) mass is 257 g/mol. The normalized spacial score (nSPS) is 10.6. The molecule has 0 unspecified atom stereocenters. The molecule has 0 atom stereocenters. The molecular weight excluding hydrogens is 242 g/mol. The maximum Gasteiger partial charge on any atom is 0.133 e. The minimum Gasteiger partial charge on any atom is -0.496 e. The summed E-state index contributed by atoms with van der Waals surface area (Å²) in [6, 6.07) is 6.18. The van der Waals surface area contributed by atoms with Crippen molar-refractivity contribution in [3.8, 4) is 5.75 Å². The van der Waals surface area contributed by atoms with Crippen molar-refractivity contribution in [1.82, 2.24) is 4.90 Å². The summed E-state index contributed by atoms with van der Waals surface area (Å²) in [5.74, 6) is 0.882. The van der Waals surface area contributed by atoms with Crippen LogP contribution in [0.1, 0.15) is 12.5 Å². The van der Waals surface area contributed by atoms with Gasteiger partial charge in [-0.1, -0.05) is 13.0 Å². The molecule has 3 heteroatoms. The second-order valence-electron chi connectivity index (χ2n) is 3.30. The third-order valence-electron chi connectivity index (χ3n) is 2.21. The molecule has 14 heavy (non-hydrogen) atoms. The van der Waals surface area contributed by atoms with Gasteiger partial charge in [-0.3, -0.25) is 0 Å². The van der Waals surface area contributed by atoms with Crippen LogP contribution in [0.2, 0.25) is 0 Å². The van der Waals surface area contributed by atoms with Crippen LogP contribution < -0.4 is 4.74 Å².